The molecule has 1 aliphatic carbocycles. The topological polar surface area (TPSA) is 76.5 Å². The molecule has 0 bridgehead atoms. The summed E-state index contributed by atoms with van der Waals surface area (Å²) in [5, 5.41) is 7.10. The highest BCUT2D eigenvalue weighted by Gasteiger charge is 2.21. The van der Waals surface area contributed by atoms with Crippen molar-refractivity contribution in [3.63, 3.8) is 0 Å². The SMILES string of the molecule is Cn1ncc(N2CCO[C@H](CCNC(=O)CCC3CCCC3)C2)cc1=O. The molecule has 2 fully saturated rings. The van der Waals surface area contributed by atoms with E-state index in [2.05, 4.69) is 15.3 Å². The molecule has 144 valence electrons. The van der Waals surface area contributed by atoms with Crippen molar-refractivity contribution in [2.24, 2.45) is 13.0 Å². The van der Waals surface area contributed by atoms with Gasteiger partial charge in [0.2, 0.25) is 5.91 Å². The summed E-state index contributed by atoms with van der Waals surface area (Å²) in [7, 11) is 1.64. The predicted molar refractivity (Wildman–Crippen MR) is 100 cm³/mol. The van der Waals surface area contributed by atoms with Crippen LogP contribution in [0.3, 0.4) is 0 Å². The van der Waals surface area contributed by atoms with Gasteiger partial charge in [0.25, 0.3) is 5.56 Å². The van der Waals surface area contributed by atoms with Gasteiger partial charge in [-0.15, -0.1) is 0 Å². The summed E-state index contributed by atoms with van der Waals surface area (Å²) < 4.78 is 7.13. The molecule has 1 aliphatic heterocycles. The van der Waals surface area contributed by atoms with Gasteiger partial charge in [0.05, 0.1) is 24.6 Å². The Balaban J connectivity index is 1.38. The maximum absolute atomic E-state index is 12.0. The van der Waals surface area contributed by atoms with Crippen molar-refractivity contribution in [1.82, 2.24) is 15.1 Å². The van der Waals surface area contributed by atoms with Crippen LogP contribution in [0.5, 0.6) is 0 Å². The zero-order valence-corrected chi connectivity index (χ0v) is 15.7. The number of amides is 1. The largest absolute Gasteiger partial charge is 0.374 e. The third-order valence-electron chi connectivity index (χ3n) is 5.50. The summed E-state index contributed by atoms with van der Waals surface area (Å²) in [6.07, 6.45) is 9.45. The number of nitrogens with zero attached hydrogens (tertiary/aromatic N) is 3. The average Bonchev–Trinajstić information content (AvgIpc) is 3.16. The number of carbonyl (C=O) groups is 1. The van der Waals surface area contributed by atoms with Crippen LogP contribution in [-0.2, 0) is 16.6 Å². The first-order valence-electron chi connectivity index (χ1n) is 9.78. The number of hydrogen-bond donors (Lipinski definition) is 1. The number of nitrogens with one attached hydrogen (secondary N) is 1. The minimum Gasteiger partial charge on any atom is -0.374 e. The molecule has 7 nitrogen and oxygen atoms in total. The summed E-state index contributed by atoms with van der Waals surface area (Å²) in [6.45, 7) is 2.72. The van der Waals surface area contributed by atoms with E-state index in [0.717, 1.165) is 31.0 Å². The average molecular weight is 362 g/mol. The standard InChI is InChI=1S/C19H30N4O3/c1-22-19(25)12-16(13-21-22)23-10-11-26-17(14-23)8-9-20-18(24)7-6-15-4-2-3-5-15/h12-13,15,17H,2-11,14H2,1H3,(H,20,24)/t17-/m1/s1. The summed E-state index contributed by atoms with van der Waals surface area (Å²) in [4.78, 5) is 25.9. The van der Waals surface area contributed by atoms with Gasteiger partial charge in [0, 0.05) is 39.2 Å². The molecule has 0 radical (unpaired) electrons. The molecule has 1 amide bonds. The molecule has 1 aromatic rings. The number of rotatable bonds is 7. The van der Waals surface area contributed by atoms with E-state index in [1.165, 1.54) is 30.4 Å². The maximum Gasteiger partial charge on any atom is 0.268 e. The van der Waals surface area contributed by atoms with Crippen molar-refractivity contribution in [2.45, 2.75) is 51.0 Å². The molecule has 1 aromatic heterocycles. The summed E-state index contributed by atoms with van der Waals surface area (Å²) in [6, 6.07) is 1.61. The van der Waals surface area contributed by atoms with Crippen molar-refractivity contribution in [3.8, 4) is 0 Å². The van der Waals surface area contributed by atoms with Crippen LogP contribution in [0.25, 0.3) is 0 Å². The minimum atomic E-state index is -0.111. The lowest BCUT2D eigenvalue weighted by Gasteiger charge is -2.34. The first-order valence-corrected chi connectivity index (χ1v) is 9.78. The van der Waals surface area contributed by atoms with Crippen LogP contribution in [0.1, 0.15) is 44.9 Å². The minimum absolute atomic E-state index is 0.0583. The van der Waals surface area contributed by atoms with Crippen molar-refractivity contribution >= 4 is 11.6 Å². The molecule has 1 saturated carbocycles. The highest BCUT2D eigenvalue weighted by molar-refractivity contribution is 5.75. The summed E-state index contributed by atoms with van der Waals surface area (Å²) in [5.41, 5.74) is 0.724. The van der Waals surface area contributed by atoms with Crippen LogP contribution in [0.2, 0.25) is 0 Å². The van der Waals surface area contributed by atoms with Crippen molar-refractivity contribution in [2.75, 3.05) is 31.1 Å². The van der Waals surface area contributed by atoms with Crippen LogP contribution in [0, 0.1) is 5.92 Å². The van der Waals surface area contributed by atoms with Gasteiger partial charge in [0.1, 0.15) is 0 Å². The molecule has 1 saturated heterocycles. The van der Waals surface area contributed by atoms with Gasteiger partial charge in [0.15, 0.2) is 0 Å². The molecule has 1 atom stereocenters. The Hall–Kier alpha value is -1.89. The van der Waals surface area contributed by atoms with Gasteiger partial charge in [-0.3, -0.25) is 9.59 Å². The molecule has 7 heteroatoms. The Bertz CT molecular complexity index is 654. The van der Waals surface area contributed by atoms with Gasteiger partial charge in [-0.1, -0.05) is 25.7 Å². The first-order chi connectivity index (χ1) is 12.6. The number of anilines is 1. The highest BCUT2D eigenvalue weighted by Crippen LogP contribution is 2.28. The third-order valence-corrected chi connectivity index (χ3v) is 5.50. The number of ether oxygens (including phenoxy) is 1. The molecule has 26 heavy (non-hydrogen) atoms. The van der Waals surface area contributed by atoms with Crippen molar-refractivity contribution in [3.05, 3.63) is 22.6 Å². The molecule has 2 aliphatic rings. The smallest absolute Gasteiger partial charge is 0.268 e. The third kappa shape index (κ3) is 5.30. The Labute approximate surface area is 154 Å². The first kappa shape index (κ1) is 18.9. The highest BCUT2D eigenvalue weighted by atomic mass is 16.5. The lowest BCUT2D eigenvalue weighted by molar-refractivity contribution is -0.121. The molecular formula is C19H30N4O3. The van der Waals surface area contributed by atoms with Gasteiger partial charge in [-0.05, 0) is 18.8 Å². The van der Waals surface area contributed by atoms with E-state index in [-0.39, 0.29) is 17.6 Å². The number of hydrogen-bond acceptors (Lipinski definition) is 5. The van der Waals surface area contributed by atoms with Crippen molar-refractivity contribution in [1.29, 1.82) is 0 Å². The fourth-order valence-corrected chi connectivity index (χ4v) is 3.86. The zero-order chi connectivity index (χ0) is 18.4. The fraction of sp³-hybridized carbons (Fsp3) is 0.737. The molecule has 3 rings (SSSR count). The van der Waals surface area contributed by atoms with E-state index >= 15 is 0 Å². The lowest BCUT2D eigenvalue weighted by Crippen LogP contribution is -2.44. The second kappa shape index (κ2) is 9.16. The quantitative estimate of drug-likeness (QED) is 0.795. The number of carbonyl (C=O) groups excluding carboxylic acids is 1. The van der Waals surface area contributed by atoms with Crippen LogP contribution in [-0.4, -0.2) is 48.0 Å². The molecule has 0 unspecified atom stereocenters. The zero-order valence-electron chi connectivity index (χ0n) is 15.7. The Morgan fingerprint density at radius 3 is 2.92 bits per heavy atom. The van der Waals surface area contributed by atoms with Gasteiger partial charge in [-0.2, -0.15) is 5.10 Å². The van der Waals surface area contributed by atoms with E-state index < -0.39 is 0 Å². The Morgan fingerprint density at radius 2 is 2.15 bits per heavy atom. The van der Waals surface area contributed by atoms with Crippen molar-refractivity contribution < 1.29 is 9.53 Å². The van der Waals surface area contributed by atoms with Gasteiger partial charge in [-0.25, -0.2) is 4.68 Å². The van der Waals surface area contributed by atoms with Crippen LogP contribution >= 0.6 is 0 Å². The molecular weight excluding hydrogens is 332 g/mol. The second-order valence-corrected chi connectivity index (χ2v) is 7.44. The molecule has 0 spiro atoms. The van der Waals surface area contributed by atoms with Crippen LogP contribution in [0.4, 0.5) is 5.69 Å². The summed E-state index contributed by atoms with van der Waals surface area (Å²) in [5.74, 6) is 0.906. The molecule has 1 N–H and O–H groups in total. The van der Waals surface area contributed by atoms with Crippen LogP contribution in [0.15, 0.2) is 17.1 Å². The van der Waals surface area contributed by atoms with Gasteiger partial charge < -0.3 is 15.0 Å². The number of aromatic nitrogens is 2. The molecule has 2 heterocycles. The van der Waals surface area contributed by atoms with E-state index in [0.29, 0.717) is 26.1 Å². The maximum atomic E-state index is 12.0. The monoisotopic (exact) mass is 362 g/mol. The Morgan fingerprint density at radius 1 is 1.35 bits per heavy atom. The molecule has 0 aromatic carbocycles. The number of morpholine rings is 1. The summed E-state index contributed by atoms with van der Waals surface area (Å²) >= 11 is 0. The van der Waals surface area contributed by atoms with E-state index in [4.69, 9.17) is 4.74 Å². The van der Waals surface area contributed by atoms with Crippen LogP contribution < -0.4 is 15.8 Å². The Kier molecular flexibility index (Phi) is 6.66. The fourth-order valence-electron chi connectivity index (χ4n) is 3.86. The van der Waals surface area contributed by atoms with E-state index in [1.807, 2.05) is 0 Å². The normalized spacial score (nSPS) is 21.1. The predicted octanol–water partition coefficient (Wildman–Crippen LogP) is 1.46. The van der Waals surface area contributed by atoms with Gasteiger partial charge >= 0.3 is 0 Å². The van der Waals surface area contributed by atoms with E-state index in [1.54, 1.807) is 19.3 Å². The second-order valence-electron chi connectivity index (χ2n) is 7.44. The lowest BCUT2D eigenvalue weighted by atomic mass is 10.0. The van der Waals surface area contributed by atoms with E-state index in [9.17, 15) is 9.59 Å². The number of aryl methyl sites for hydroxylation is 1.